The molecule has 0 aromatic carbocycles. The summed E-state index contributed by atoms with van der Waals surface area (Å²) in [5.41, 5.74) is 0.246. The van der Waals surface area contributed by atoms with Gasteiger partial charge in [-0.2, -0.15) is 4.31 Å². The summed E-state index contributed by atoms with van der Waals surface area (Å²) in [7, 11) is -3.32. The lowest BCUT2D eigenvalue weighted by Crippen LogP contribution is -2.32. The first-order valence-electron chi connectivity index (χ1n) is 7.65. The highest BCUT2D eigenvalue weighted by molar-refractivity contribution is 7.91. The van der Waals surface area contributed by atoms with Gasteiger partial charge in [-0.15, -0.1) is 11.3 Å². The van der Waals surface area contributed by atoms with Gasteiger partial charge in [0.05, 0.1) is 0 Å². The second-order valence-electron chi connectivity index (χ2n) is 6.42. The van der Waals surface area contributed by atoms with Crippen LogP contribution in [-0.4, -0.2) is 32.4 Å². The second-order valence-corrected chi connectivity index (χ2v) is 9.76. The zero-order valence-electron chi connectivity index (χ0n) is 13.2. The van der Waals surface area contributed by atoms with Gasteiger partial charge in [-0.25, -0.2) is 8.42 Å². The van der Waals surface area contributed by atoms with Crippen molar-refractivity contribution in [1.29, 1.82) is 0 Å². The summed E-state index contributed by atoms with van der Waals surface area (Å²) in [5, 5.41) is 3.23. The number of sulfonamides is 1. The molecule has 1 aliphatic rings. The number of thiophene rings is 1. The van der Waals surface area contributed by atoms with Crippen molar-refractivity contribution in [3.05, 3.63) is 17.0 Å². The molecule has 0 amide bonds. The van der Waals surface area contributed by atoms with Crippen LogP contribution in [0.25, 0.3) is 0 Å². The van der Waals surface area contributed by atoms with Crippen molar-refractivity contribution in [3.63, 3.8) is 0 Å². The van der Waals surface area contributed by atoms with Crippen molar-refractivity contribution < 1.29 is 8.42 Å². The van der Waals surface area contributed by atoms with E-state index in [0.29, 0.717) is 17.3 Å². The maximum atomic E-state index is 12.8. The fraction of sp³-hybridized carbons (Fsp3) is 0.733. The van der Waals surface area contributed by atoms with Gasteiger partial charge in [0.1, 0.15) is 4.21 Å². The van der Waals surface area contributed by atoms with E-state index in [1.165, 1.54) is 11.3 Å². The molecule has 0 aliphatic carbocycles. The Bertz CT molecular complexity index is 564. The van der Waals surface area contributed by atoms with Gasteiger partial charge in [0.2, 0.25) is 0 Å². The van der Waals surface area contributed by atoms with Crippen molar-refractivity contribution in [2.24, 2.45) is 5.41 Å². The lowest BCUT2D eigenvalue weighted by molar-refractivity contribution is 0.315. The van der Waals surface area contributed by atoms with E-state index in [1.54, 1.807) is 10.4 Å². The van der Waals surface area contributed by atoms with E-state index >= 15 is 0 Å². The first-order chi connectivity index (χ1) is 9.85. The summed E-state index contributed by atoms with van der Waals surface area (Å²) in [6.07, 6.45) is 2.97. The predicted octanol–water partition coefficient (Wildman–Crippen LogP) is 3.06. The van der Waals surface area contributed by atoms with Gasteiger partial charge in [-0.3, -0.25) is 0 Å². The zero-order chi connectivity index (χ0) is 15.5. The molecule has 21 heavy (non-hydrogen) atoms. The smallest absolute Gasteiger partial charge is 0.252 e. The van der Waals surface area contributed by atoms with Gasteiger partial charge in [0, 0.05) is 24.5 Å². The van der Waals surface area contributed by atoms with E-state index in [1.807, 2.05) is 13.0 Å². The average Bonchev–Trinajstić information content (AvgIpc) is 2.81. The Balaban J connectivity index is 2.12. The van der Waals surface area contributed by atoms with Gasteiger partial charge in [0.25, 0.3) is 10.0 Å². The van der Waals surface area contributed by atoms with Crippen LogP contribution in [0.4, 0.5) is 0 Å². The molecule has 0 unspecified atom stereocenters. The van der Waals surface area contributed by atoms with Crippen LogP contribution in [0.1, 0.15) is 44.9 Å². The van der Waals surface area contributed by atoms with E-state index < -0.39 is 10.0 Å². The topological polar surface area (TPSA) is 49.4 Å². The van der Waals surface area contributed by atoms with Crippen LogP contribution in [-0.2, 0) is 16.6 Å². The molecule has 1 aromatic rings. The molecule has 1 fully saturated rings. The number of hydrogen-bond donors (Lipinski definition) is 1. The molecule has 0 saturated carbocycles. The van der Waals surface area contributed by atoms with Crippen molar-refractivity contribution >= 4 is 21.4 Å². The van der Waals surface area contributed by atoms with Crippen LogP contribution in [0.15, 0.2) is 16.3 Å². The van der Waals surface area contributed by atoms with Crippen molar-refractivity contribution in [2.75, 3.05) is 19.6 Å². The summed E-state index contributed by atoms with van der Waals surface area (Å²) in [4.78, 5) is 1.07. The number of rotatable bonds is 5. The Labute approximate surface area is 132 Å². The number of nitrogens with one attached hydrogen (secondary N) is 1. The van der Waals surface area contributed by atoms with Crippen LogP contribution < -0.4 is 5.32 Å². The SMILES string of the molecule is CCNCc1ccc(S(=O)(=O)N2CCCC(C)(C)CC2)s1. The molecule has 120 valence electrons. The van der Waals surface area contributed by atoms with Crippen molar-refractivity contribution in [2.45, 2.75) is 50.8 Å². The second kappa shape index (κ2) is 6.77. The highest BCUT2D eigenvalue weighted by Gasteiger charge is 2.31. The van der Waals surface area contributed by atoms with Crippen LogP contribution in [0, 0.1) is 5.41 Å². The van der Waals surface area contributed by atoms with Crippen LogP contribution in [0.2, 0.25) is 0 Å². The summed E-state index contributed by atoms with van der Waals surface area (Å²) in [6, 6.07) is 3.67. The largest absolute Gasteiger partial charge is 0.312 e. The number of nitrogens with zero attached hydrogens (tertiary/aromatic N) is 1. The Morgan fingerprint density at radius 2 is 2.05 bits per heavy atom. The lowest BCUT2D eigenvalue weighted by Gasteiger charge is -2.22. The highest BCUT2D eigenvalue weighted by atomic mass is 32.2. The fourth-order valence-electron chi connectivity index (χ4n) is 2.61. The average molecular weight is 331 g/mol. The minimum atomic E-state index is -3.32. The van der Waals surface area contributed by atoms with Gasteiger partial charge >= 0.3 is 0 Å². The molecule has 1 aliphatic heterocycles. The molecule has 0 bridgehead atoms. The molecule has 2 heterocycles. The third-order valence-electron chi connectivity index (χ3n) is 4.08. The third-order valence-corrected chi connectivity index (χ3v) is 7.53. The van der Waals surface area contributed by atoms with Crippen LogP contribution >= 0.6 is 11.3 Å². The molecule has 1 N–H and O–H groups in total. The molecular formula is C15H26N2O2S2. The lowest BCUT2D eigenvalue weighted by atomic mass is 9.85. The molecule has 1 saturated heterocycles. The summed E-state index contributed by atoms with van der Waals surface area (Å²) < 4.78 is 27.7. The third kappa shape index (κ3) is 4.28. The molecular weight excluding hydrogens is 304 g/mol. The standard InChI is InChI=1S/C15H26N2O2S2/c1-4-16-12-13-6-7-14(20-13)21(18,19)17-10-5-8-15(2,3)9-11-17/h6-7,16H,4-5,8-12H2,1-3H3. The zero-order valence-corrected chi connectivity index (χ0v) is 14.8. The monoisotopic (exact) mass is 330 g/mol. The molecule has 0 spiro atoms. The van der Waals surface area contributed by atoms with Crippen LogP contribution in [0.3, 0.4) is 0 Å². The summed E-state index contributed by atoms with van der Waals surface area (Å²) >= 11 is 1.39. The quantitative estimate of drug-likeness (QED) is 0.903. The summed E-state index contributed by atoms with van der Waals surface area (Å²) in [6.45, 7) is 9.41. The van der Waals surface area contributed by atoms with E-state index in [9.17, 15) is 8.42 Å². The van der Waals surface area contributed by atoms with Gasteiger partial charge in [-0.05, 0) is 43.4 Å². The minimum absolute atomic E-state index is 0.246. The van der Waals surface area contributed by atoms with E-state index in [4.69, 9.17) is 0 Å². The Kier molecular flexibility index (Phi) is 5.46. The highest BCUT2D eigenvalue weighted by Crippen LogP contribution is 2.33. The molecule has 6 heteroatoms. The van der Waals surface area contributed by atoms with E-state index in [2.05, 4.69) is 19.2 Å². The Morgan fingerprint density at radius 3 is 2.76 bits per heavy atom. The van der Waals surface area contributed by atoms with E-state index in [0.717, 1.165) is 37.2 Å². The van der Waals surface area contributed by atoms with Crippen molar-refractivity contribution in [3.8, 4) is 0 Å². The summed E-state index contributed by atoms with van der Waals surface area (Å²) in [5.74, 6) is 0. The fourth-order valence-corrected chi connectivity index (χ4v) is 5.56. The first-order valence-corrected chi connectivity index (χ1v) is 9.90. The van der Waals surface area contributed by atoms with Gasteiger partial charge < -0.3 is 5.32 Å². The Hall–Kier alpha value is -0.430. The van der Waals surface area contributed by atoms with Gasteiger partial charge in [0.15, 0.2) is 0 Å². The maximum Gasteiger partial charge on any atom is 0.252 e. The molecule has 0 radical (unpaired) electrons. The van der Waals surface area contributed by atoms with Crippen LogP contribution in [0.5, 0.6) is 0 Å². The molecule has 0 atom stereocenters. The molecule has 1 aromatic heterocycles. The Morgan fingerprint density at radius 1 is 1.29 bits per heavy atom. The predicted molar refractivity (Wildman–Crippen MR) is 88.1 cm³/mol. The van der Waals surface area contributed by atoms with E-state index in [-0.39, 0.29) is 5.41 Å². The first kappa shape index (κ1) is 16.9. The van der Waals surface area contributed by atoms with Gasteiger partial charge in [-0.1, -0.05) is 20.8 Å². The van der Waals surface area contributed by atoms with Crippen molar-refractivity contribution in [1.82, 2.24) is 9.62 Å². The number of hydrogen-bond acceptors (Lipinski definition) is 4. The normalized spacial score (nSPS) is 20.3. The molecule has 2 rings (SSSR count). The minimum Gasteiger partial charge on any atom is -0.312 e. The molecule has 4 nitrogen and oxygen atoms in total. The maximum absolute atomic E-state index is 12.8.